The molecule has 0 saturated carbocycles. The fraction of sp³-hybridized carbons (Fsp3) is 0.467. The van der Waals surface area contributed by atoms with Gasteiger partial charge in [-0.1, -0.05) is 30.3 Å². The maximum atomic E-state index is 11.8. The number of amides is 1. The second kappa shape index (κ2) is 4.59. The lowest BCUT2D eigenvalue weighted by atomic mass is 9.98. The van der Waals surface area contributed by atoms with Crippen molar-refractivity contribution in [3.05, 3.63) is 35.9 Å². The molecule has 0 aromatic heterocycles. The van der Waals surface area contributed by atoms with E-state index in [0.29, 0.717) is 26.1 Å². The summed E-state index contributed by atoms with van der Waals surface area (Å²) in [5, 5.41) is 9.66. The van der Waals surface area contributed by atoms with Crippen LogP contribution >= 0.6 is 0 Å². The van der Waals surface area contributed by atoms with Crippen molar-refractivity contribution in [3.8, 4) is 0 Å². The normalized spacial score (nSPS) is 28.9. The van der Waals surface area contributed by atoms with Crippen molar-refractivity contribution < 1.29 is 14.7 Å². The molecule has 2 saturated heterocycles. The van der Waals surface area contributed by atoms with E-state index >= 15 is 0 Å². The zero-order chi connectivity index (χ0) is 14.3. The zero-order valence-electron chi connectivity index (χ0n) is 11.5. The van der Waals surface area contributed by atoms with Gasteiger partial charge in [-0.05, 0) is 12.0 Å². The number of rotatable bonds is 3. The number of carboxylic acids is 1. The molecule has 2 aliphatic heterocycles. The SMILES string of the molecule is CC(=O)N1CC2(C(=O)O)CC1CN2Cc1ccccc1. The molecule has 2 bridgehead atoms. The first-order chi connectivity index (χ1) is 9.53. The van der Waals surface area contributed by atoms with Crippen molar-refractivity contribution in [2.75, 3.05) is 13.1 Å². The lowest BCUT2D eigenvalue weighted by Crippen LogP contribution is -2.58. The second-order valence-corrected chi connectivity index (χ2v) is 5.71. The lowest BCUT2D eigenvalue weighted by molar-refractivity contribution is -0.152. The van der Waals surface area contributed by atoms with Gasteiger partial charge in [0.1, 0.15) is 5.54 Å². The molecule has 0 aliphatic carbocycles. The van der Waals surface area contributed by atoms with Gasteiger partial charge in [-0.15, -0.1) is 0 Å². The summed E-state index contributed by atoms with van der Waals surface area (Å²) in [6, 6.07) is 9.91. The minimum Gasteiger partial charge on any atom is -0.480 e. The number of carbonyl (C=O) groups is 2. The molecule has 20 heavy (non-hydrogen) atoms. The Balaban J connectivity index is 1.84. The van der Waals surface area contributed by atoms with E-state index in [2.05, 4.69) is 0 Å². The topological polar surface area (TPSA) is 60.9 Å². The Labute approximate surface area is 117 Å². The molecule has 3 rings (SSSR count). The fourth-order valence-electron chi connectivity index (χ4n) is 3.48. The number of nitrogens with zero attached hydrogens (tertiary/aromatic N) is 2. The number of carboxylic acid groups (broad SMARTS) is 1. The summed E-state index contributed by atoms with van der Waals surface area (Å²) in [5.41, 5.74) is 0.196. The van der Waals surface area contributed by atoms with Crippen LogP contribution in [0.2, 0.25) is 0 Å². The van der Waals surface area contributed by atoms with Crippen LogP contribution in [0.3, 0.4) is 0 Å². The zero-order valence-corrected chi connectivity index (χ0v) is 11.5. The molecule has 2 aliphatic rings. The van der Waals surface area contributed by atoms with Crippen molar-refractivity contribution >= 4 is 11.9 Å². The summed E-state index contributed by atoms with van der Waals surface area (Å²) in [6.45, 7) is 3.07. The highest BCUT2D eigenvalue weighted by molar-refractivity contribution is 5.84. The predicted molar refractivity (Wildman–Crippen MR) is 73.0 cm³/mol. The largest absolute Gasteiger partial charge is 0.480 e. The van der Waals surface area contributed by atoms with E-state index in [4.69, 9.17) is 0 Å². The van der Waals surface area contributed by atoms with E-state index in [0.717, 1.165) is 5.56 Å². The molecule has 2 heterocycles. The van der Waals surface area contributed by atoms with Gasteiger partial charge in [-0.2, -0.15) is 0 Å². The van der Waals surface area contributed by atoms with Gasteiger partial charge < -0.3 is 10.0 Å². The van der Waals surface area contributed by atoms with Gasteiger partial charge in [-0.25, -0.2) is 0 Å². The number of aliphatic carboxylic acids is 1. The molecule has 1 aromatic rings. The maximum absolute atomic E-state index is 11.8. The molecule has 2 unspecified atom stereocenters. The first-order valence-corrected chi connectivity index (χ1v) is 6.82. The number of hydrogen-bond acceptors (Lipinski definition) is 3. The van der Waals surface area contributed by atoms with E-state index in [1.54, 1.807) is 4.90 Å². The van der Waals surface area contributed by atoms with E-state index in [1.807, 2.05) is 35.2 Å². The van der Waals surface area contributed by atoms with Crippen molar-refractivity contribution in [2.45, 2.75) is 31.5 Å². The monoisotopic (exact) mass is 274 g/mol. The van der Waals surface area contributed by atoms with E-state index in [9.17, 15) is 14.7 Å². The van der Waals surface area contributed by atoms with Gasteiger partial charge >= 0.3 is 5.97 Å². The van der Waals surface area contributed by atoms with Crippen molar-refractivity contribution in [1.82, 2.24) is 9.80 Å². The van der Waals surface area contributed by atoms with Gasteiger partial charge in [0.15, 0.2) is 0 Å². The van der Waals surface area contributed by atoms with Gasteiger partial charge in [0.05, 0.1) is 6.54 Å². The third kappa shape index (κ3) is 1.89. The van der Waals surface area contributed by atoms with Gasteiger partial charge in [0.25, 0.3) is 0 Å². The number of piperazine rings is 1. The van der Waals surface area contributed by atoms with Crippen LogP contribution in [-0.2, 0) is 16.1 Å². The van der Waals surface area contributed by atoms with E-state index in [1.165, 1.54) is 6.92 Å². The van der Waals surface area contributed by atoms with Gasteiger partial charge in [0.2, 0.25) is 5.91 Å². The second-order valence-electron chi connectivity index (χ2n) is 5.71. The minimum absolute atomic E-state index is 0.0301. The quantitative estimate of drug-likeness (QED) is 0.891. The molecular formula is C15H18N2O3. The number of carbonyl (C=O) groups excluding carboxylic acids is 1. The third-order valence-electron chi connectivity index (χ3n) is 4.50. The first-order valence-electron chi connectivity index (χ1n) is 6.82. The molecule has 1 amide bonds. The summed E-state index contributed by atoms with van der Waals surface area (Å²) in [5.74, 6) is -0.850. The summed E-state index contributed by atoms with van der Waals surface area (Å²) in [4.78, 5) is 27.1. The molecule has 2 atom stereocenters. The Morgan fingerprint density at radius 3 is 2.65 bits per heavy atom. The van der Waals surface area contributed by atoms with Crippen LogP contribution < -0.4 is 0 Å². The molecule has 0 spiro atoms. The third-order valence-corrected chi connectivity index (χ3v) is 4.50. The van der Waals surface area contributed by atoms with Crippen LogP contribution in [0.4, 0.5) is 0 Å². The molecule has 1 N–H and O–H groups in total. The highest BCUT2D eigenvalue weighted by Crippen LogP contribution is 2.41. The number of benzene rings is 1. The number of likely N-dealkylation sites (tertiary alicyclic amines) is 2. The maximum Gasteiger partial charge on any atom is 0.326 e. The van der Waals surface area contributed by atoms with Crippen LogP contribution in [0.5, 0.6) is 0 Å². The lowest BCUT2D eigenvalue weighted by Gasteiger charge is -2.39. The summed E-state index contributed by atoms with van der Waals surface area (Å²) < 4.78 is 0. The molecule has 5 nitrogen and oxygen atoms in total. The van der Waals surface area contributed by atoms with Crippen LogP contribution in [0.25, 0.3) is 0 Å². The molecule has 0 radical (unpaired) electrons. The van der Waals surface area contributed by atoms with Crippen molar-refractivity contribution in [3.63, 3.8) is 0 Å². The molecule has 5 heteroatoms. The molecule has 1 aromatic carbocycles. The summed E-state index contributed by atoms with van der Waals surface area (Å²) >= 11 is 0. The summed E-state index contributed by atoms with van der Waals surface area (Å²) in [6.07, 6.45) is 0.536. The van der Waals surface area contributed by atoms with Gasteiger partial charge in [-0.3, -0.25) is 14.5 Å². The van der Waals surface area contributed by atoms with Crippen LogP contribution in [0.1, 0.15) is 18.9 Å². The predicted octanol–water partition coefficient (Wildman–Crippen LogP) is 0.946. The number of hydrogen-bond donors (Lipinski definition) is 1. The fourth-order valence-corrected chi connectivity index (χ4v) is 3.48. The minimum atomic E-state index is -0.911. The van der Waals surface area contributed by atoms with Crippen LogP contribution in [-0.4, -0.2) is 51.5 Å². The Hall–Kier alpha value is -1.88. The van der Waals surface area contributed by atoms with E-state index < -0.39 is 11.5 Å². The average molecular weight is 274 g/mol. The van der Waals surface area contributed by atoms with Crippen LogP contribution in [0.15, 0.2) is 30.3 Å². The van der Waals surface area contributed by atoms with E-state index in [-0.39, 0.29) is 11.9 Å². The molecule has 106 valence electrons. The smallest absolute Gasteiger partial charge is 0.326 e. The molecule has 2 fully saturated rings. The standard InChI is InChI=1S/C15H18N2O3/c1-11(18)17-10-15(14(19)20)7-13(17)9-16(15)8-12-5-3-2-4-6-12/h2-6,13H,7-10H2,1H3,(H,19,20). The summed E-state index contributed by atoms with van der Waals surface area (Å²) in [7, 11) is 0. The Bertz CT molecular complexity index is 545. The Morgan fingerprint density at radius 1 is 1.35 bits per heavy atom. The van der Waals surface area contributed by atoms with Crippen molar-refractivity contribution in [2.24, 2.45) is 0 Å². The molecular weight excluding hydrogens is 256 g/mol. The van der Waals surface area contributed by atoms with Crippen molar-refractivity contribution in [1.29, 1.82) is 0 Å². The Morgan fingerprint density at radius 2 is 2.05 bits per heavy atom. The van der Waals surface area contributed by atoms with Gasteiger partial charge in [0, 0.05) is 26.1 Å². The number of fused-ring (bicyclic) bond motifs is 2. The highest BCUT2D eigenvalue weighted by Gasteiger charge is 2.59. The van der Waals surface area contributed by atoms with Crippen LogP contribution in [0, 0.1) is 0 Å². The Kier molecular flexibility index (Phi) is 3.01. The average Bonchev–Trinajstić information content (AvgIpc) is 2.96. The highest BCUT2D eigenvalue weighted by atomic mass is 16.4. The first kappa shape index (κ1) is 13.1.